The molecule has 14 nitrogen and oxygen atoms in total. The number of carbonyl (C=O) groups is 1. The van der Waals surface area contributed by atoms with Crippen LogP contribution in [0.5, 0.6) is 0 Å². The zero-order valence-electron chi connectivity index (χ0n) is 64.8. The summed E-state index contributed by atoms with van der Waals surface area (Å²) in [5.74, 6) is -0.228. The number of aliphatic hydroxyl groups excluding tert-OH is 8. The number of hydrogen-bond acceptors (Lipinski definition) is 13. The molecule has 2 rings (SSSR count). The number of nitrogens with one attached hydrogen (secondary N) is 1. The minimum atomic E-state index is -1.79. The van der Waals surface area contributed by atoms with Crippen LogP contribution in [-0.4, -0.2) is 140 Å². The first kappa shape index (κ1) is 93.8. The molecule has 0 radical (unpaired) electrons. The number of hydrogen-bond donors (Lipinski definition) is 9. The summed E-state index contributed by atoms with van der Waals surface area (Å²) >= 11 is 0. The quantitative estimate of drug-likeness (QED) is 0.0204. The summed E-state index contributed by atoms with van der Waals surface area (Å²) in [6, 6.07) is -0.913. The molecule has 588 valence electrons. The Hall–Kier alpha value is -1.27. The van der Waals surface area contributed by atoms with Crippen molar-refractivity contribution in [2.24, 2.45) is 0 Å². The number of unbranched alkanes of at least 4 members (excludes halogenated alkanes) is 62. The van der Waals surface area contributed by atoms with Crippen molar-refractivity contribution in [2.75, 3.05) is 19.8 Å². The Morgan fingerprint density at radius 2 is 0.626 bits per heavy atom. The molecule has 0 aromatic rings. The first-order valence-electron chi connectivity index (χ1n) is 43.4. The van der Waals surface area contributed by atoms with Crippen LogP contribution in [0.15, 0.2) is 12.2 Å². The number of ether oxygens (including phenoxy) is 4. The predicted molar refractivity (Wildman–Crippen MR) is 411 cm³/mol. The van der Waals surface area contributed by atoms with E-state index in [1.807, 2.05) is 6.08 Å². The molecule has 2 heterocycles. The molecular formula is C85H165NO13. The predicted octanol–water partition coefficient (Wildman–Crippen LogP) is 20.4. The second kappa shape index (κ2) is 69.8. The molecule has 14 heteroatoms. The Balaban J connectivity index is 1.58. The van der Waals surface area contributed by atoms with Gasteiger partial charge in [-0.2, -0.15) is 0 Å². The van der Waals surface area contributed by atoms with E-state index in [-0.39, 0.29) is 18.9 Å². The van der Waals surface area contributed by atoms with Crippen molar-refractivity contribution < 1.29 is 64.6 Å². The van der Waals surface area contributed by atoms with E-state index in [9.17, 15) is 45.6 Å². The largest absolute Gasteiger partial charge is 0.394 e. The molecule has 12 unspecified atom stereocenters. The van der Waals surface area contributed by atoms with Crippen molar-refractivity contribution in [1.82, 2.24) is 5.32 Å². The number of carbonyl (C=O) groups excluding carboxylic acids is 1. The maximum absolute atomic E-state index is 13.4. The summed E-state index contributed by atoms with van der Waals surface area (Å²) in [5.41, 5.74) is 0. The molecule has 0 aromatic heterocycles. The van der Waals surface area contributed by atoms with E-state index < -0.39 is 86.8 Å². The van der Waals surface area contributed by atoms with Crippen LogP contribution in [-0.2, 0) is 23.7 Å². The van der Waals surface area contributed by atoms with Crippen molar-refractivity contribution in [1.29, 1.82) is 0 Å². The fourth-order valence-electron chi connectivity index (χ4n) is 14.9. The van der Waals surface area contributed by atoms with E-state index >= 15 is 0 Å². The zero-order valence-corrected chi connectivity index (χ0v) is 64.8. The van der Waals surface area contributed by atoms with Crippen LogP contribution in [0.4, 0.5) is 0 Å². The van der Waals surface area contributed by atoms with Gasteiger partial charge in [-0.3, -0.25) is 4.79 Å². The highest BCUT2D eigenvalue weighted by molar-refractivity contribution is 5.76. The van der Waals surface area contributed by atoms with E-state index in [2.05, 4.69) is 19.2 Å². The Morgan fingerprint density at radius 1 is 0.354 bits per heavy atom. The van der Waals surface area contributed by atoms with Gasteiger partial charge in [-0.1, -0.05) is 418 Å². The van der Waals surface area contributed by atoms with Crippen molar-refractivity contribution in [3.05, 3.63) is 12.2 Å². The molecule has 99 heavy (non-hydrogen) atoms. The maximum atomic E-state index is 13.4. The molecule has 2 aliphatic heterocycles. The molecule has 2 fully saturated rings. The fraction of sp³-hybridized carbons (Fsp3) is 0.965. The Morgan fingerprint density at radius 3 is 0.929 bits per heavy atom. The lowest BCUT2D eigenvalue weighted by Gasteiger charge is -2.46. The van der Waals surface area contributed by atoms with Crippen LogP contribution in [0.1, 0.15) is 431 Å². The van der Waals surface area contributed by atoms with Gasteiger partial charge in [-0.05, 0) is 19.3 Å². The van der Waals surface area contributed by atoms with Gasteiger partial charge in [-0.25, -0.2) is 0 Å². The van der Waals surface area contributed by atoms with Crippen LogP contribution < -0.4 is 5.32 Å². The van der Waals surface area contributed by atoms with Gasteiger partial charge in [0.1, 0.15) is 48.8 Å². The second-order valence-corrected chi connectivity index (χ2v) is 31.0. The Kier molecular flexibility index (Phi) is 66.1. The third kappa shape index (κ3) is 52.4. The SMILES string of the molecule is CCCCCCCCCCCCCCCCCCCCCCCCCCCCCCCC/C=C/C(O)C(COC1OC(CO)C(OC2OC(CO)C(O)C(O)C2O)C(O)C1O)NC(=O)CCCCCCCCCCCCCCCCCCCCCCCCCCCCCCCCCCC. The van der Waals surface area contributed by atoms with Crippen molar-refractivity contribution in [2.45, 2.75) is 505 Å². The zero-order chi connectivity index (χ0) is 71.5. The maximum Gasteiger partial charge on any atom is 0.220 e. The highest BCUT2D eigenvalue weighted by atomic mass is 16.7. The van der Waals surface area contributed by atoms with Gasteiger partial charge < -0.3 is 65.1 Å². The lowest BCUT2D eigenvalue weighted by atomic mass is 9.97. The van der Waals surface area contributed by atoms with Crippen molar-refractivity contribution >= 4 is 5.91 Å². The van der Waals surface area contributed by atoms with Crippen LogP contribution in [0, 0.1) is 0 Å². The van der Waals surface area contributed by atoms with E-state index in [0.717, 1.165) is 44.9 Å². The van der Waals surface area contributed by atoms with Gasteiger partial charge in [0.05, 0.1) is 32.0 Å². The average Bonchev–Trinajstić information content (AvgIpc) is 0.794. The first-order chi connectivity index (χ1) is 48.6. The highest BCUT2D eigenvalue weighted by Gasteiger charge is 2.51. The van der Waals surface area contributed by atoms with Crippen molar-refractivity contribution in [3.63, 3.8) is 0 Å². The minimum Gasteiger partial charge on any atom is -0.394 e. The van der Waals surface area contributed by atoms with Gasteiger partial charge in [0.2, 0.25) is 5.91 Å². The highest BCUT2D eigenvalue weighted by Crippen LogP contribution is 2.31. The summed E-state index contributed by atoms with van der Waals surface area (Å²) in [5, 5.41) is 87.8. The van der Waals surface area contributed by atoms with Crippen molar-refractivity contribution in [3.8, 4) is 0 Å². The topological polar surface area (TPSA) is 228 Å². The standard InChI is InChI=1S/C85H165NO13/c1-3-5-7-9-11-13-15-17-19-21-23-25-27-29-31-33-35-37-39-41-43-45-47-49-51-53-55-57-59-61-63-65-67-69-77(90)86-73(72-96-84-82(95)80(93)83(76(71-88)98-84)99-85-81(94)79(92)78(91)75(70-87)97-85)74(89)68-66-64-62-60-58-56-54-52-50-48-46-44-42-40-38-36-34-32-30-28-26-24-22-20-18-16-14-12-10-8-6-4-2/h66,68,73-76,78-85,87-89,91-95H,3-65,67,69-72H2,1-2H3,(H,86,90)/b68-66+. The van der Waals surface area contributed by atoms with Gasteiger partial charge >= 0.3 is 0 Å². The van der Waals surface area contributed by atoms with E-state index in [1.54, 1.807) is 6.08 Å². The molecule has 0 bridgehead atoms. The smallest absolute Gasteiger partial charge is 0.220 e. The third-order valence-corrected chi connectivity index (χ3v) is 21.7. The Bertz CT molecular complexity index is 1710. The Labute approximate surface area is 609 Å². The summed E-state index contributed by atoms with van der Waals surface area (Å²) in [6.45, 7) is 2.89. The van der Waals surface area contributed by atoms with Crippen LogP contribution in [0.25, 0.3) is 0 Å². The van der Waals surface area contributed by atoms with Gasteiger partial charge in [-0.15, -0.1) is 0 Å². The molecule has 1 amide bonds. The normalized spacial score (nSPS) is 21.9. The molecule has 2 saturated heterocycles. The first-order valence-corrected chi connectivity index (χ1v) is 43.4. The van der Waals surface area contributed by atoms with Gasteiger partial charge in [0.15, 0.2) is 12.6 Å². The van der Waals surface area contributed by atoms with E-state index in [0.29, 0.717) is 0 Å². The monoisotopic (exact) mass is 1410 g/mol. The number of rotatable bonds is 75. The molecule has 0 aliphatic carbocycles. The average molecular weight is 1410 g/mol. The number of allylic oxidation sites excluding steroid dienone is 1. The number of aliphatic hydroxyl groups is 8. The lowest BCUT2D eigenvalue weighted by molar-refractivity contribution is -0.359. The molecule has 0 spiro atoms. The molecule has 12 atom stereocenters. The summed E-state index contributed by atoms with van der Waals surface area (Å²) in [7, 11) is 0. The van der Waals surface area contributed by atoms with Crippen LogP contribution in [0.2, 0.25) is 0 Å². The van der Waals surface area contributed by atoms with Gasteiger partial charge in [0.25, 0.3) is 0 Å². The molecule has 9 N–H and O–H groups in total. The summed E-state index contributed by atoms with van der Waals surface area (Å²) in [4.78, 5) is 13.4. The molecule has 0 saturated carbocycles. The van der Waals surface area contributed by atoms with E-state index in [1.165, 1.54) is 366 Å². The summed E-state index contributed by atoms with van der Waals surface area (Å²) < 4.78 is 23.0. The van der Waals surface area contributed by atoms with Gasteiger partial charge in [0, 0.05) is 6.42 Å². The molecular weight excluding hydrogens is 1240 g/mol. The van der Waals surface area contributed by atoms with Crippen LogP contribution in [0.3, 0.4) is 0 Å². The minimum absolute atomic E-state index is 0.228. The third-order valence-electron chi connectivity index (χ3n) is 21.7. The fourth-order valence-corrected chi connectivity index (χ4v) is 14.9. The lowest BCUT2D eigenvalue weighted by Crippen LogP contribution is -2.65. The molecule has 0 aromatic carbocycles. The van der Waals surface area contributed by atoms with Crippen LogP contribution >= 0.6 is 0 Å². The summed E-state index contributed by atoms with van der Waals surface area (Å²) in [6.07, 6.45) is 73.2. The van der Waals surface area contributed by atoms with E-state index in [4.69, 9.17) is 18.9 Å². The number of amides is 1. The molecule has 2 aliphatic rings. The second-order valence-electron chi connectivity index (χ2n) is 31.0.